The summed E-state index contributed by atoms with van der Waals surface area (Å²) in [6.07, 6.45) is 2.67. The van der Waals surface area contributed by atoms with Gasteiger partial charge >= 0.3 is 0 Å². The van der Waals surface area contributed by atoms with E-state index in [1.807, 2.05) is 0 Å². The van der Waals surface area contributed by atoms with Crippen molar-refractivity contribution in [2.45, 2.75) is 13.0 Å². The van der Waals surface area contributed by atoms with Crippen molar-refractivity contribution in [1.82, 2.24) is 15.1 Å². The van der Waals surface area contributed by atoms with E-state index in [4.69, 9.17) is 28.6 Å². The molecule has 2 rings (SSSR count). The van der Waals surface area contributed by atoms with Crippen molar-refractivity contribution in [3.05, 3.63) is 46.9 Å². The van der Waals surface area contributed by atoms with Crippen LogP contribution in [0.4, 0.5) is 10.2 Å². The Hall–Kier alpha value is -1.70. The average molecular weight is 357 g/mol. The largest absolute Gasteiger partial charge is 0.385 e. The molecule has 0 unspecified atom stereocenters. The highest BCUT2D eigenvalue weighted by atomic mass is 35.5. The molecule has 1 heterocycles. The van der Waals surface area contributed by atoms with Crippen molar-refractivity contribution in [2.75, 3.05) is 25.6 Å². The van der Waals surface area contributed by atoms with Crippen molar-refractivity contribution in [1.29, 1.82) is 0 Å². The van der Waals surface area contributed by atoms with E-state index in [1.165, 1.54) is 12.1 Å². The van der Waals surface area contributed by atoms with Gasteiger partial charge in [0.25, 0.3) is 0 Å². The molecule has 0 aliphatic carbocycles. The number of hydrogen-bond donors (Lipinski definition) is 2. The quantitative estimate of drug-likeness (QED) is 0.590. The van der Waals surface area contributed by atoms with E-state index >= 15 is 0 Å². The Bertz CT molecular complexity index is 665. The van der Waals surface area contributed by atoms with Gasteiger partial charge in [-0.3, -0.25) is 4.68 Å². The van der Waals surface area contributed by atoms with Gasteiger partial charge in [-0.1, -0.05) is 17.7 Å². The molecule has 23 heavy (non-hydrogen) atoms. The minimum Gasteiger partial charge on any atom is -0.385 e. The van der Waals surface area contributed by atoms with E-state index < -0.39 is 0 Å². The van der Waals surface area contributed by atoms with Crippen LogP contribution in [0.2, 0.25) is 5.02 Å². The lowest BCUT2D eigenvalue weighted by Crippen LogP contribution is -2.30. The number of nitrogens with one attached hydrogen (secondary N) is 2. The lowest BCUT2D eigenvalue weighted by Gasteiger charge is -2.08. The van der Waals surface area contributed by atoms with Crippen LogP contribution in [0.5, 0.6) is 0 Å². The predicted octanol–water partition coefficient (Wildman–Crippen LogP) is 3.05. The summed E-state index contributed by atoms with van der Waals surface area (Å²) in [6, 6.07) is 6.12. The molecule has 1 aromatic carbocycles. The zero-order valence-corrected chi connectivity index (χ0v) is 14.3. The molecule has 0 saturated heterocycles. The van der Waals surface area contributed by atoms with Gasteiger partial charge in [0.2, 0.25) is 0 Å². The number of thiocarbonyl (C=S) groups is 1. The zero-order chi connectivity index (χ0) is 16.7. The first-order valence-electron chi connectivity index (χ1n) is 7.09. The standard InChI is InChI=1S/C15H18ClFN4OS/c1-22-8-2-6-18-15(23)19-14-5-7-21(20-14)10-11-3-4-12(17)9-13(11)16/h3-5,7,9H,2,6,8,10H2,1H3,(H2,18,19,20,23). The molecule has 0 aliphatic rings. The van der Waals surface area contributed by atoms with E-state index in [1.54, 1.807) is 30.1 Å². The molecule has 8 heteroatoms. The number of hydrogen-bond acceptors (Lipinski definition) is 3. The highest BCUT2D eigenvalue weighted by molar-refractivity contribution is 7.80. The Kier molecular flexibility index (Phi) is 6.76. The van der Waals surface area contributed by atoms with E-state index in [0.29, 0.717) is 29.1 Å². The molecule has 1 aromatic heterocycles. The average Bonchev–Trinajstić information content (AvgIpc) is 2.94. The van der Waals surface area contributed by atoms with Crippen LogP contribution in [0.15, 0.2) is 30.5 Å². The van der Waals surface area contributed by atoms with Gasteiger partial charge in [-0.05, 0) is 36.3 Å². The van der Waals surface area contributed by atoms with Crippen LogP contribution >= 0.6 is 23.8 Å². The number of ether oxygens (including phenoxy) is 1. The molecule has 0 spiro atoms. The van der Waals surface area contributed by atoms with Crippen molar-refractivity contribution in [3.8, 4) is 0 Å². The van der Waals surface area contributed by atoms with Gasteiger partial charge in [0.05, 0.1) is 6.54 Å². The number of anilines is 1. The Morgan fingerprint density at radius 1 is 1.43 bits per heavy atom. The van der Waals surface area contributed by atoms with E-state index in [0.717, 1.165) is 18.5 Å². The normalized spacial score (nSPS) is 10.6. The van der Waals surface area contributed by atoms with Crippen LogP contribution in [0.3, 0.4) is 0 Å². The molecule has 0 saturated carbocycles. The van der Waals surface area contributed by atoms with Crippen molar-refractivity contribution in [3.63, 3.8) is 0 Å². The van der Waals surface area contributed by atoms with Crippen LogP contribution in [-0.2, 0) is 11.3 Å². The van der Waals surface area contributed by atoms with Crippen LogP contribution < -0.4 is 10.6 Å². The van der Waals surface area contributed by atoms with Crippen molar-refractivity contribution in [2.24, 2.45) is 0 Å². The van der Waals surface area contributed by atoms with Gasteiger partial charge in [-0.2, -0.15) is 5.10 Å². The van der Waals surface area contributed by atoms with Gasteiger partial charge in [-0.15, -0.1) is 0 Å². The molecule has 0 fully saturated rings. The molecule has 0 bridgehead atoms. The molecular formula is C15H18ClFN4OS. The Morgan fingerprint density at radius 3 is 3.00 bits per heavy atom. The predicted molar refractivity (Wildman–Crippen MR) is 93.5 cm³/mol. The first kappa shape index (κ1) is 17.7. The fraction of sp³-hybridized carbons (Fsp3) is 0.333. The van der Waals surface area contributed by atoms with Crippen molar-refractivity contribution >= 4 is 34.7 Å². The van der Waals surface area contributed by atoms with Crippen LogP contribution in [0.25, 0.3) is 0 Å². The first-order valence-corrected chi connectivity index (χ1v) is 7.88. The number of methoxy groups -OCH3 is 1. The second-order valence-electron chi connectivity index (χ2n) is 4.86. The fourth-order valence-corrected chi connectivity index (χ4v) is 2.35. The fourth-order valence-electron chi connectivity index (χ4n) is 1.92. The summed E-state index contributed by atoms with van der Waals surface area (Å²) >= 11 is 11.2. The minimum atomic E-state index is -0.355. The van der Waals surface area contributed by atoms with E-state index in [-0.39, 0.29) is 5.82 Å². The number of aromatic nitrogens is 2. The number of rotatable bonds is 7. The van der Waals surface area contributed by atoms with Gasteiger partial charge in [0.15, 0.2) is 10.9 Å². The Labute approximate surface area is 144 Å². The van der Waals surface area contributed by atoms with Crippen LogP contribution in [-0.4, -0.2) is 35.2 Å². The third-order valence-corrected chi connectivity index (χ3v) is 3.64. The monoisotopic (exact) mass is 356 g/mol. The van der Waals surface area contributed by atoms with Gasteiger partial charge < -0.3 is 15.4 Å². The second-order valence-corrected chi connectivity index (χ2v) is 5.68. The maximum Gasteiger partial charge on any atom is 0.171 e. The lowest BCUT2D eigenvalue weighted by atomic mass is 10.2. The Morgan fingerprint density at radius 2 is 2.26 bits per heavy atom. The van der Waals surface area contributed by atoms with Gasteiger partial charge in [0.1, 0.15) is 5.82 Å². The van der Waals surface area contributed by atoms with Crippen molar-refractivity contribution < 1.29 is 9.13 Å². The number of nitrogens with zero attached hydrogens (tertiary/aromatic N) is 2. The van der Waals surface area contributed by atoms with Gasteiger partial charge in [0, 0.05) is 37.5 Å². The van der Waals surface area contributed by atoms with Crippen LogP contribution in [0, 0.1) is 5.82 Å². The summed E-state index contributed by atoms with van der Waals surface area (Å²) in [5.74, 6) is 0.277. The molecule has 0 aliphatic heterocycles. The first-order chi connectivity index (χ1) is 11.1. The molecule has 0 atom stereocenters. The smallest absolute Gasteiger partial charge is 0.171 e. The Balaban J connectivity index is 1.86. The summed E-state index contributed by atoms with van der Waals surface area (Å²) in [7, 11) is 1.66. The minimum absolute atomic E-state index is 0.355. The molecule has 5 nitrogen and oxygen atoms in total. The van der Waals surface area contributed by atoms with Crippen LogP contribution in [0.1, 0.15) is 12.0 Å². The van der Waals surface area contributed by atoms with E-state index in [9.17, 15) is 4.39 Å². The summed E-state index contributed by atoms with van der Waals surface area (Å²) in [6.45, 7) is 1.86. The summed E-state index contributed by atoms with van der Waals surface area (Å²) < 4.78 is 19.7. The SMILES string of the molecule is COCCCNC(=S)Nc1ccn(Cc2ccc(F)cc2Cl)n1. The number of benzene rings is 1. The zero-order valence-electron chi connectivity index (χ0n) is 12.7. The third kappa shape index (κ3) is 5.78. The summed E-state index contributed by atoms with van der Waals surface area (Å²) in [4.78, 5) is 0. The molecule has 2 N–H and O–H groups in total. The summed E-state index contributed by atoms with van der Waals surface area (Å²) in [5, 5.41) is 11.3. The van der Waals surface area contributed by atoms with Gasteiger partial charge in [-0.25, -0.2) is 4.39 Å². The second kappa shape index (κ2) is 8.81. The molecule has 124 valence electrons. The lowest BCUT2D eigenvalue weighted by molar-refractivity contribution is 0.196. The van der Waals surface area contributed by atoms with E-state index in [2.05, 4.69) is 15.7 Å². The third-order valence-electron chi connectivity index (χ3n) is 3.04. The maximum atomic E-state index is 13.0. The topological polar surface area (TPSA) is 51.1 Å². The highest BCUT2D eigenvalue weighted by Gasteiger charge is 2.05. The maximum absolute atomic E-state index is 13.0. The molecular weight excluding hydrogens is 339 g/mol. The highest BCUT2D eigenvalue weighted by Crippen LogP contribution is 2.18. The molecule has 0 radical (unpaired) electrons. The molecule has 0 amide bonds. The number of halogens is 2. The summed E-state index contributed by atoms with van der Waals surface area (Å²) in [5.41, 5.74) is 0.794. The molecule has 2 aromatic rings.